The Balaban J connectivity index is 2.31. The van der Waals surface area contributed by atoms with Gasteiger partial charge in [-0.1, -0.05) is 27.7 Å². The smallest absolute Gasteiger partial charge is 0.268 e. The molecular formula is C14H24O4S. The van der Waals surface area contributed by atoms with E-state index in [2.05, 4.69) is 6.92 Å². The normalized spacial score (nSPS) is 36.9. The maximum Gasteiger partial charge on any atom is 0.268 e. The van der Waals surface area contributed by atoms with Gasteiger partial charge in [0.05, 0.1) is 17.8 Å². The predicted octanol–water partition coefficient (Wildman–Crippen LogP) is 2.53. The van der Waals surface area contributed by atoms with Crippen molar-refractivity contribution in [2.75, 3.05) is 12.4 Å². The number of fused-ring (bicyclic) bond motifs is 2. The van der Waals surface area contributed by atoms with Crippen molar-refractivity contribution in [2.45, 2.75) is 53.4 Å². The van der Waals surface area contributed by atoms with Crippen LogP contribution in [-0.4, -0.2) is 26.6 Å². The quantitative estimate of drug-likeness (QED) is 0.729. The number of rotatable bonds is 5. The first-order valence-electron chi connectivity index (χ1n) is 7.01. The van der Waals surface area contributed by atoms with Crippen LogP contribution in [0.3, 0.4) is 0 Å². The van der Waals surface area contributed by atoms with E-state index in [0.717, 1.165) is 6.42 Å². The molecular weight excluding hydrogens is 264 g/mol. The van der Waals surface area contributed by atoms with Crippen LogP contribution in [-0.2, 0) is 19.1 Å². The van der Waals surface area contributed by atoms with E-state index in [4.69, 9.17) is 4.18 Å². The fraction of sp³-hybridized carbons (Fsp3) is 0.929. The summed E-state index contributed by atoms with van der Waals surface area (Å²) in [4.78, 5) is 12.4. The summed E-state index contributed by atoms with van der Waals surface area (Å²) in [6, 6.07) is 0. The van der Waals surface area contributed by atoms with Crippen molar-refractivity contribution < 1.29 is 17.4 Å². The Labute approximate surface area is 116 Å². The Kier molecular flexibility index (Phi) is 3.38. The fourth-order valence-electron chi connectivity index (χ4n) is 3.90. The first-order valence-corrected chi connectivity index (χ1v) is 8.58. The molecule has 0 aliphatic heterocycles. The van der Waals surface area contributed by atoms with E-state index in [1.165, 1.54) is 0 Å². The third kappa shape index (κ3) is 1.97. The maximum atomic E-state index is 12.4. The molecule has 4 nitrogen and oxygen atoms in total. The van der Waals surface area contributed by atoms with Crippen LogP contribution in [0.4, 0.5) is 0 Å². The Bertz CT molecular complexity index is 494. The van der Waals surface area contributed by atoms with Crippen LogP contribution in [0.5, 0.6) is 0 Å². The minimum Gasteiger partial charge on any atom is -0.299 e. The number of hydrogen-bond donors (Lipinski definition) is 0. The van der Waals surface area contributed by atoms with E-state index in [-0.39, 0.29) is 29.0 Å². The van der Waals surface area contributed by atoms with E-state index in [1.807, 2.05) is 20.8 Å². The minimum atomic E-state index is -3.62. The van der Waals surface area contributed by atoms with Gasteiger partial charge in [0, 0.05) is 6.42 Å². The van der Waals surface area contributed by atoms with Crippen LogP contribution in [0, 0.1) is 16.2 Å². The molecule has 0 unspecified atom stereocenters. The lowest BCUT2D eigenvalue weighted by Gasteiger charge is -2.39. The van der Waals surface area contributed by atoms with Crippen LogP contribution in [0.15, 0.2) is 0 Å². The van der Waals surface area contributed by atoms with Gasteiger partial charge in [-0.25, -0.2) is 0 Å². The third-order valence-electron chi connectivity index (χ3n) is 5.78. The molecule has 2 saturated carbocycles. The molecule has 0 aromatic heterocycles. The summed E-state index contributed by atoms with van der Waals surface area (Å²) in [6.45, 7) is 8.26. The lowest BCUT2D eigenvalue weighted by Crippen LogP contribution is -2.43. The standard InChI is InChI=1S/C14H24O4S/c1-5-8-18-19(16,17)10-14-7-6-13(4,9-11(14)15)12(14,2)3/h5-10H2,1-4H3/t13-,14-/m0/s1. The SMILES string of the molecule is CCCOS(=O)(=O)C[C@@]12CC[C@@](C)(CC1=O)C2(C)C. The number of carbonyl (C=O) groups excluding carboxylic acids is 1. The van der Waals surface area contributed by atoms with Gasteiger partial charge in [-0.3, -0.25) is 8.98 Å². The zero-order valence-electron chi connectivity index (χ0n) is 12.3. The summed E-state index contributed by atoms with van der Waals surface area (Å²) in [5.74, 6) is -0.0450. The summed E-state index contributed by atoms with van der Waals surface area (Å²) in [6.07, 6.45) is 2.75. The Morgan fingerprint density at radius 3 is 2.26 bits per heavy atom. The highest BCUT2D eigenvalue weighted by molar-refractivity contribution is 7.86. The van der Waals surface area contributed by atoms with Crippen LogP contribution in [0.25, 0.3) is 0 Å². The lowest BCUT2D eigenvalue weighted by molar-refractivity contribution is -0.128. The van der Waals surface area contributed by atoms with Gasteiger partial charge in [0.25, 0.3) is 10.1 Å². The van der Waals surface area contributed by atoms with Gasteiger partial charge in [-0.2, -0.15) is 8.42 Å². The van der Waals surface area contributed by atoms with Crippen LogP contribution in [0.2, 0.25) is 0 Å². The molecule has 0 amide bonds. The second-order valence-electron chi connectivity index (χ2n) is 6.89. The maximum absolute atomic E-state index is 12.4. The minimum absolute atomic E-state index is 0.0651. The molecule has 19 heavy (non-hydrogen) atoms. The summed E-state index contributed by atoms with van der Waals surface area (Å²) < 4.78 is 29.2. The average molecular weight is 288 g/mol. The zero-order valence-corrected chi connectivity index (χ0v) is 13.1. The van der Waals surface area contributed by atoms with Crippen molar-refractivity contribution in [1.82, 2.24) is 0 Å². The Morgan fingerprint density at radius 2 is 1.84 bits per heavy atom. The third-order valence-corrected chi connectivity index (χ3v) is 7.16. The molecule has 2 rings (SSSR count). The van der Waals surface area contributed by atoms with Crippen LogP contribution >= 0.6 is 0 Å². The molecule has 2 bridgehead atoms. The van der Waals surface area contributed by atoms with Gasteiger partial charge in [-0.05, 0) is 30.1 Å². The Hall–Kier alpha value is -0.420. The molecule has 2 atom stereocenters. The molecule has 110 valence electrons. The first kappa shape index (κ1) is 15.0. The topological polar surface area (TPSA) is 60.4 Å². The summed E-state index contributed by atoms with van der Waals surface area (Å²) >= 11 is 0. The fourth-order valence-corrected chi connectivity index (χ4v) is 5.67. The van der Waals surface area contributed by atoms with Crippen molar-refractivity contribution in [2.24, 2.45) is 16.2 Å². The number of hydrogen-bond acceptors (Lipinski definition) is 4. The van der Waals surface area contributed by atoms with Gasteiger partial charge in [0.2, 0.25) is 0 Å². The van der Waals surface area contributed by atoms with E-state index >= 15 is 0 Å². The number of carbonyl (C=O) groups is 1. The van der Waals surface area contributed by atoms with Gasteiger partial charge in [-0.15, -0.1) is 0 Å². The largest absolute Gasteiger partial charge is 0.299 e. The van der Waals surface area contributed by atoms with Crippen LogP contribution < -0.4 is 0 Å². The van der Waals surface area contributed by atoms with E-state index in [1.54, 1.807) is 0 Å². The second kappa shape index (κ2) is 4.29. The van der Waals surface area contributed by atoms with E-state index < -0.39 is 15.5 Å². The summed E-state index contributed by atoms with van der Waals surface area (Å²) in [5, 5.41) is 0. The van der Waals surface area contributed by atoms with Gasteiger partial charge in [0.15, 0.2) is 0 Å². The molecule has 2 aliphatic rings. The lowest BCUT2D eigenvalue weighted by atomic mass is 9.66. The number of Topliss-reactive ketones (excluding diaryl/α,β-unsaturated/α-hetero) is 1. The first-order chi connectivity index (χ1) is 8.60. The molecule has 2 fully saturated rings. The monoisotopic (exact) mass is 288 g/mol. The highest BCUT2D eigenvalue weighted by Gasteiger charge is 2.70. The molecule has 0 N–H and O–H groups in total. The van der Waals surface area contributed by atoms with Gasteiger partial charge >= 0.3 is 0 Å². The summed E-state index contributed by atoms with van der Waals surface area (Å²) in [5.41, 5.74) is -1.08. The van der Waals surface area contributed by atoms with Crippen molar-refractivity contribution in [1.29, 1.82) is 0 Å². The summed E-state index contributed by atoms with van der Waals surface area (Å²) in [7, 11) is -3.62. The van der Waals surface area contributed by atoms with Crippen molar-refractivity contribution >= 4 is 15.9 Å². The highest BCUT2D eigenvalue weighted by atomic mass is 32.2. The highest BCUT2D eigenvalue weighted by Crippen LogP contribution is 2.70. The molecule has 0 saturated heterocycles. The molecule has 5 heteroatoms. The molecule has 2 aliphatic carbocycles. The predicted molar refractivity (Wildman–Crippen MR) is 73.2 cm³/mol. The molecule has 0 spiro atoms. The van der Waals surface area contributed by atoms with Crippen LogP contribution in [0.1, 0.15) is 53.4 Å². The van der Waals surface area contributed by atoms with E-state index in [9.17, 15) is 13.2 Å². The molecule has 0 radical (unpaired) electrons. The molecule has 0 aromatic rings. The molecule has 0 heterocycles. The van der Waals surface area contributed by atoms with Crippen molar-refractivity contribution in [3.05, 3.63) is 0 Å². The van der Waals surface area contributed by atoms with Crippen molar-refractivity contribution in [3.63, 3.8) is 0 Å². The second-order valence-corrected chi connectivity index (χ2v) is 8.53. The van der Waals surface area contributed by atoms with E-state index in [0.29, 0.717) is 19.3 Å². The Morgan fingerprint density at radius 1 is 1.21 bits per heavy atom. The zero-order chi connectivity index (χ0) is 14.5. The van der Waals surface area contributed by atoms with Gasteiger partial charge < -0.3 is 0 Å². The average Bonchev–Trinajstić information content (AvgIpc) is 2.55. The van der Waals surface area contributed by atoms with Crippen molar-refractivity contribution in [3.8, 4) is 0 Å². The van der Waals surface area contributed by atoms with Gasteiger partial charge in [0.1, 0.15) is 5.78 Å². The number of ketones is 1. The molecule has 0 aromatic carbocycles.